The van der Waals surface area contributed by atoms with Crippen LogP contribution >= 0.6 is 0 Å². The Morgan fingerprint density at radius 1 is 0.960 bits per heavy atom. The largest absolute Gasteiger partial charge is 0.477 e. The van der Waals surface area contributed by atoms with Gasteiger partial charge in [-0.05, 0) is 23.9 Å². The SMILES string of the molecule is Fc1c[c-]c(-c2ccccn2)c(F)c1F.O=C(O)c1ccccn1.[Ir]. The maximum absolute atomic E-state index is 13.3. The number of carboxylic acid groups (broad SMARTS) is 1. The summed E-state index contributed by atoms with van der Waals surface area (Å²) in [5.41, 5.74) is 0.126. The third-order valence-corrected chi connectivity index (χ3v) is 2.77. The van der Waals surface area contributed by atoms with Crippen molar-refractivity contribution < 1.29 is 43.2 Å². The monoisotopic (exact) mass is 524 g/mol. The second-order valence-corrected chi connectivity index (χ2v) is 4.37. The summed E-state index contributed by atoms with van der Waals surface area (Å²) in [5.74, 6) is -5.02. The minimum atomic E-state index is -1.51. The number of rotatable bonds is 2. The molecule has 0 amide bonds. The van der Waals surface area contributed by atoms with E-state index in [-0.39, 0.29) is 37.1 Å². The van der Waals surface area contributed by atoms with Crippen molar-refractivity contribution in [3.63, 3.8) is 0 Å². The van der Waals surface area contributed by atoms with Gasteiger partial charge in [-0.3, -0.25) is 8.78 Å². The number of hydrogen-bond acceptors (Lipinski definition) is 3. The summed E-state index contributed by atoms with van der Waals surface area (Å²) in [6, 6.07) is 12.6. The predicted octanol–water partition coefficient (Wildman–Crippen LogP) is 3.74. The van der Waals surface area contributed by atoms with Crippen LogP contribution in [0.3, 0.4) is 0 Å². The summed E-state index contributed by atoms with van der Waals surface area (Å²) in [4.78, 5) is 17.5. The minimum absolute atomic E-state index is 0. The van der Waals surface area contributed by atoms with Crippen LogP contribution in [0.1, 0.15) is 10.5 Å². The van der Waals surface area contributed by atoms with Gasteiger partial charge in [0.15, 0.2) is 0 Å². The van der Waals surface area contributed by atoms with Crippen molar-refractivity contribution in [2.75, 3.05) is 0 Å². The molecule has 0 saturated carbocycles. The molecule has 0 bridgehead atoms. The number of carbonyl (C=O) groups is 1. The van der Waals surface area contributed by atoms with Crippen molar-refractivity contribution >= 4 is 5.97 Å². The van der Waals surface area contributed by atoms with E-state index in [0.717, 1.165) is 6.07 Å². The van der Waals surface area contributed by atoms with Crippen molar-refractivity contribution in [2.45, 2.75) is 0 Å². The fourth-order valence-electron chi connectivity index (χ4n) is 1.66. The van der Waals surface area contributed by atoms with E-state index in [1.807, 2.05) is 0 Å². The Morgan fingerprint density at radius 2 is 1.60 bits per heavy atom. The number of pyridine rings is 2. The van der Waals surface area contributed by atoms with Crippen LogP contribution in [0.5, 0.6) is 0 Å². The summed E-state index contributed by atoms with van der Waals surface area (Å²) in [6.45, 7) is 0. The van der Waals surface area contributed by atoms with Gasteiger partial charge < -0.3 is 10.1 Å². The fraction of sp³-hybridized carbons (Fsp3) is 0. The van der Waals surface area contributed by atoms with Crippen LogP contribution in [-0.2, 0) is 20.1 Å². The molecule has 131 valence electrons. The smallest absolute Gasteiger partial charge is 0.354 e. The molecule has 4 nitrogen and oxygen atoms in total. The standard InChI is InChI=1S/C11H5F3N.C6H5NO2.Ir/c12-8-5-4-7(10(13)11(8)14)9-3-1-2-6-15-9;8-6(9)5-3-1-2-4-7-5;/h1-3,5-6H;1-4H,(H,8,9);/q-1;;. The molecule has 2 heterocycles. The normalized spacial score (nSPS) is 9.40. The molecule has 0 saturated heterocycles. The van der Waals surface area contributed by atoms with Gasteiger partial charge in [0.2, 0.25) is 0 Å². The van der Waals surface area contributed by atoms with E-state index in [1.165, 1.54) is 24.5 Å². The molecular formula is C17H10F3IrN2O2-. The van der Waals surface area contributed by atoms with Gasteiger partial charge in [-0.15, -0.1) is 12.1 Å². The van der Waals surface area contributed by atoms with Crippen LogP contribution in [0.4, 0.5) is 13.2 Å². The van der Waals surface area contributed by atoms with Crippen molar-refractivity contribution in [3.05, 3.63) is 84.1 Å². The van der Waals surface area contributed by atoms with E-state index in [0.29, 0.717) is 0 Å². The first-order valence-electron chi connectivity index (χ1n) is 6.61. The first-order valence-corrected chi connectivity index (χ1v) is 6.61. The van der Waals surface area contributed by atoms with E-state index < -0.39 is 23.4 Å². The first-order chi connectivity index (χ1) is 11.5. The minimum Gasteiger partial charge on any atom is -0.477 e. The molecule has 1 aromatic carbocycles. The van der Waals surface area contributed by atoms with E-state index in [1.54, 1.807) is 24.3 Å². The van der Waals surface area contributed by atoms with Gasteiger partial charge >= 0.3 is 5.97 Å². The van der Waals surface area contributed by atoms with Crippen LogP contribution in [0, 0.1) is 23.5 Å². The number of benzene rings is 1. The van der Waals surface area contributed by atoms with Gasteiger partial charge in [0.25, 0.3) is 0 Å². The third-order valence-electron chi connectivity index (χ3n) is 2.77. The van der Waals surface area contributed by atoms with Crippen LogP contribution in [0.2, 0.25) is 0 Å². The van der Waals surface area contributed by atoms with Gasteiger partial charge in [0.05, 0.1) is 11.6 Å². The molecule has 3 aromatic rings. The van der Waals surface area contributed by atoms with Gasteiger partial charge in [0.1, 0.15) is 11.5 Å². The van der Waals surface area contributed by atoms with Crippen LogP contribution < -0.4 is 0 Å². The molecule has 0 atom stereocenters. The number of nitrogens with zero attached hydrogens (tertiary/aromatic N) is 2. The Bertz CT molecular complexity index is 834. The summed E-state index contributed by atoms with van der Waals surface area (Å²) < 4.78 is 38.7. The van der Waals surface area contributed by atoms with E-state index in [9.17, 15) is 18.0 Å². The molecule has 1 N–H and O–H groups in total. The summed E-state index contributed by atoms with van der Waals surface area (Å²) >= 11 is 0. The maximum atomic E-state index is 13.3. The average Bonchev–Trinajstić information content (AvgIpc) is 2.62. The number of halogens is 3. The number of aromatic carboxylic acids is 1. The average molecular weight is 523 g/mol. The second-order valence-electron chi connectivity index (χ2n) is 4.37. The molecule has 25 heavy (non-hydrogen) atoms. The number of hydrogen-bond donors (Lipinski definition) is 1. The van der Waals surface area contributed by atoms with E-state index in [2.05, 4.69) is 16.0 Å². The first kappa shape index (κ1) is 20.5. The molecular weight excluding hydrogens is 513 g/mol. The topological polar surface area (TPSA) is 63.1 Å². The molecule has 2 aromatic heterocycles. The molecule has 0 aliphatic carbocycles. The molecule has 3 rings (SSSR count). The third kappa shape index (κ3) is 5.48. The van der Waals surface area contributed by atoms with Crippen LogP contribution in [0.25, 0.3) is 11.3 Å². The van der Waals surface area contributed by atoms with Crippen molar-refractivity contribution in [2.24, 2.45) is 0 Å². The Labute approximate surface area is 154 Å². The predicted molar refractivity (Wildman–Crippen MR) is 79.6 cm³/mol. The molecule has 1 radical (unpaired) electrons. The zero-order chi connectivity index (χ0) is 17.5. The van der Waals surface area contributed by atoms with Crippen molar-refractivity contribution in [3.8, 4) is 11.3 Å². The van der Waals surface area contributed by atoms with Gasteiger partial charge in [0, 0.05) is 32.5 Å². The number of aromatic nitrogens is 2. The quantitative estimate of drug-likeness (QED) is 0.411. The summed E-state index contributed by atoms with van der Waals surface area (Å²) in [6.07, 6.45) is 2.88. The fourth-order valence-corrected chi connectivity index (χ4v) is 1.66. The molecule has 8 heteroatoms. The van der Waals surface area contributed by atoms with Crippen LogP contribution in [-0.4, -0.2) is 21.0 Å². The Hall–Kier alpha value is -2.57. The Balaban J connectivity index is 0.000000270. The summed E-state index contributed by atoms with van der Waals surface area (Å²) in [5, 5.41) is 8.32. The maximum Gasteiger partial charge on any atom is 0.354 e. The summed E-state index contributed by atoms with van der Waals surface area (Å²) in [7, 11) is 0. The van der Waals surface area contributed by atoms with Gasteiger partial charge in [-0.25, -0.2) is 14.2 Å². The van der Waals surface area contributed by atoms with Crippen LogP contribution in [0.15, 0.2) is 54.9 Å². The molecule has 0 aliphatic rings. The Kier molecular flexibility index (Phi) is 7.91. The molecule has 0 fully saturated rings. The zero-order valence-electron chi connectivity index (χ0n) is 12.4. The zero-order valence-corrected chi connectivity index (χ0v) is 14.8. The van der Waals surface area contributed by atoms with Gasteiger partial charge in [-0.2, -0.15) is 0 Å². The molecule has 0 aliphatic heterocycles. The van der Waals surface area contributed by atoms with Crippen molar-refractivity contribution in [1.29, 1.82) is 0 Å². The van der Waals surface area contributed by atoms with E-state index in [4.69, 9.17) is 5.11 Å². The van der Waals surface area contributed by atoms with Crippen molar-refractivity contribution in [1.82, 2.24) is 9.97 Å². The second kappa shape index (κ2) is 9.66. The Morgan fingerprint density at radius 3 is 2.08 bits per heavy atom. The molecule has 0 unspecified atom stereocenters. The number of carboxylic acids is 1. The molecule has 0 spiro atoms. The van der Waals surface area contributed by atoms with E-state index >= 15 is 0 Å². The van der Waals surface area contributed by atoms with Gasteiger partial charge in [-0.1, -0.05) is 23.8 Å².